The lowest BCUT2D eigenvalue weighted by Crippen LogP contribution is -2.35. The lowest BCUT2D eigenvalue weighted by molar-refractivity contribution is 0.250. The van der Waals surface area contributed by atoms with Gasteiger partial charge in [-0.05, 0) is 65.0 Å². The molecule has 1 aliphatic heterocycles. The van der Waals surface area contributed by atoms with E-state index in [0.29, 0.717) is 6.04 Å². The molecule has 0 aliphatic carbocycles. The smallest absolute Gasteiger partial charge is 0.0449 e. The number of benzene rings is 1. The highest BCUT2D eigenvalue weighted by Gasteiger charge is 2.22. The lowest BCUT2D eigenvalue weighted by atomic mass is 9.98. The van der Waals surface area contributed by atoms with Crippen LogP contribution >= 0.6 is 0 Å². The summed E-state index contributed by atoms with van der Waals surface area (Å²) in [6.45, 7) is 9.16. The SMILES string of the molecule is CNC(CN(C)CC1CCN(C)C1)c1ccc(C)cc1C. The van der Waals surface area contributed by atoms with E-state index in [1.165, 1.54) is 42.7 Å². The fourth-order valence-electron chi connectivity index (χ4n) is 3.56. The normalized spacial score (nSPS) is 21.1. The maximum Gasteiger partial charge on any atom is 0.0449 e. The van der Waals surface area contributed by atoms with Gasteiger partial charge in [0.2, 0.25) is 0 Å². The van der Waals surface area contributed by atoms with Crippen LogP contribution in [0.2, 0.25) is 0 Å². The van der Waals surface area contributed by atoms with Crippen molar-refractivity contribution in [2.45, 2.75) is 26.3 Å². The Morgan fingerprint density at radius 2 is 2.14 bits per heavy atom. The van der Waals surface area contributed by atoms with E-state index >= 15 is 0 Å². The van der Waals surface area contributed by atoms with E-state index < -0.39 is 0 Å². The molecule has 0 saturated carbocycles. The molecule has 1 heterocycles. The molecule has 1 aromatic rings. The first-order valence-corrected chi connectivity index (χ1v) is 8.11. The molecular weight excluding hydrogens is 258 g/mol. The topological polar surface area (TPSA) is 18.5 Å². The maximum atomic E-state index is 3.49. The fraction of sp³-hybridized carbons (Fsp3) is 0.667. The van der Waals surface area contributed by atoms with Crippen molar-refractivity contribution < 1.29 is 0 Å². The van der Waals surface area contributed by atoms with Crippen molar-refractivity contribution in [2.24, 2.45) is 5.92 Å². The fourth-order valence-corrected chi connectivity index (χ4v) is 3.56. The summed E-state index contributed by atoms with van der Waals surface area (Å²) in [5.74, 6) is 0.830. The van der Waals surface area contributed by atoms with Gasteiger partial charge in [0, 0.05) is 25.7 Å². The Bertz CT molecular complexity index is 458. The molecule has 0 bridgehead atoms. The number of nitrogens with one attached hydrogen (secondary N) is 1. The molecule has 1 N–H and O–H groups in total. The number of likely N-dealkylation sites (tertiary alicyclic amines) is 1. The van der Waals surface area contributed by atoms with E-state index in [2.05, 4.69) is 68.3 Å². The zero-order valence-electron chi connectivity index (χ0n) is 14.3. The molecule has 0 radical (unpaired) electrons. The Kier molecular flexibility index (Phi) is 5.80. The van der Waals surface area contributed by atoms with Gasteiger partial charge in [0.15, 0.2) is 0 Å². The van der Waals surface area contributed by atoms with Crippen molar-refractivity contribution in [3.8, 4) is 0 Å². The zero-order chi connectivity index (χ0) is 15.4. The molecule has 0 aromatic heterocycles. The van der Waals surface area contributed by atoms with E-state index in [9.17, 15) is 0 Å². The minimum atomic E-state index is 0.412. The standard InChI is InChI=1S/C18H31N3/c1-14-6-7-17(15(2)10-14)18(19-3)13-21(5)12-16-8-9-20(4)11-16/h6-7,10,16,18-19H,8-9,11-13H2,1-5H3. The number of hydrogen-bond donors (Lipinski definition) is 1. The van der Waals surface area contributed by atoms with Crippen LogP contribution in [0.4, 0.5) is 0 Å². The predicted octanol–water partition coefficient (Wildman–Crippen LogP) is 2.45. The molecule has 1 fully saturated rings. The van der Waals surface area contributed by atoms with Gasteiger partial charge in [-0.15, -0.1) is 0 Å². The summed E-state index contributed by atoms with van der Waals surface area (Å²) >= 11 is 0. The van der Waals surface area contributed by atoms with Crippen LogP contribution in [0.3, 0.4) is 0 Å². The number of hydrogen-bond acceptors (Lipinski definition) is 3. The van der Waals surface area contributed by atoms with Crippen LogP contribution < -0.4 is 5.32 Å². The van der Waals surface area contributed by atoms with E-state index in [4.69, 9.17) is 0 Å². The first-order valence-electron chi connectivity index (χ1n) is 8.11. The maximum absolute atomic E-state index is 3.49. The van der Waals surface area contributed by atoms with Crippen molar-refractivity contribution in [3.05, 3.63) is 34.9 Å². The molecule has 1 aromatic carbocycles. The molecule has 1 saturated heterocycles. The summed E-state index contributed by atoms with van der Waals surface area (Å²) in [4.78, 5) is 4.93. The molecule has 118 valence electrons. The molecule has 0 amide bonds. The summed E-state index contributed by atoms with van der Waals surface area (Å²) < 4.78 is 0. The van der Waals surface area contributed by atoms with Crippen LogP contribution in [0.15, 0.2) is 18.2 Å². The van der Waals surface area contributed by atoms with Crippen molar-refractivity contribution in [1.29, 1.82) is 0 Å². The van der Waals surface area contributed by atoms with Crippen molar-refractivity contribution in [2.75, 3.05) is 47.3 Å². The second-order valence-electron chi connectivity index (χ2n) is 6.84. The van der Waals surface area contributed by atoms with Gasteiger partial charge in [-0.1, -0.05) is 23.8 Å². The minimum Gasteiger partial charge on any atom is -0.312 e. The van der Waals surface area contributed by atoms with Crippen molar-refractivity contribution in [3.63, 3.8) is 0 Å². The van der Waals surface area contributed by atoms with Crippen LogP contribution in [0, 0.1) is 19.8 Å². The molecule has 2 unspecified atom stereocenters. The van der Waals surface area contributed by atoms with Crippen molar-refractivity contribution >= 4 is 0 Å². The van der Waals surface area contributed by atoms with E-state index in [-0.39, 0.29) is 0 Å². The second-order valence-corrected chi connectivity index (χ2v) is 6.84. The molecule has 3 nitrogen and oxygen atoms in total. The van der Waals surface area contributed by atoms with Crippen LogP contribution in [-0.4, -0.2) is 57.1 Å². The molecule has 2 atom stereocenters. The van der Waals surface area contributed by atoms with E-state index in [1.807, 2.05) is 0 Å². The van der Waals surface area contributed by atoms with Gasteiger partial charge in [-0.25, -0.2) is 0 Å². The predicted molar refractivity (Wildman–Crippen MR) is 90.8 cm³/mol. The number of aryl methyl sites for hydroxylation is 2. The number of rotatable bonds is 6. The Morgan fingerprint density at radius 1 is 1.38 bits per heavy atom. The first-order chi connectivity index (χ1) is 9.99. The lowest BCUT2D eigenvalue weighted by Gasteiger charge is -2.27. The second kappa shape index (κ2) is 7.39. The van der Waals surface area contributed by atoms with Gasteiger partial charge in [-0.2, -0.15) is 0 Å². The summed E-state index contributed by atoms with van der Waals surface area (Å²) in [5.41, 5.74) is 4.16. The summed E-state index contributed by atoms with van der Waals surface area (Å²) in [6.07, 6.45) is 1.34. The van der Waals surface area contributed by atoms with Gasteiger partial charge in [0.05, 0.1) is 0 Å². The van der Waals surface area contributed by atoms with E-state index in [1.54, 1.807) is 0 Å². The summed E-state index contributed by atoms with van der Waals surface area (Å²) in [6, 6.07) is 7.20. The highest BCUT2D eigenvalue weighted by Crippen LogP contribution is 2.21. The first kappa shape index (κ1) is 16.5. The van der Waals surface area contributed by atoms with Crippen LogP contribution in [0.1, 0.15) is 29.2 Å². The van der Waals surface area contributed by atoms with Crippen LogP contribution in [-0.2, 0) is 0 Å². The Hall–Kier alpha value is -0.900. The van der Waals surface area contributed by atoms with Gasteiger partial charge in [-0.3, -0.25) is 0 Å². The average molecular weight is 289 g/mol. The zero-order valence-corrected chi connectivity index (χ0v) is 14.3. The van der Waals surface area contributed by atoms with Gasteiger partial charge >= 0.3 is 0 Å². The monoisotopic (exact) mass is 289 g/mol. The molecule has 0 spiro atoms. The number of likely N-dealkylation sites (N-methyl/N-ethyl adjacent to an activating group) is 2. The van der Waals surface area contributed by atoms with Gasteiger partial charge in [0.1, 0.15) is 0 Å². The van der Waals surface area contributed by atoms with Crippen LogP contribution in [0.25, 0.3) is 0 Å². The molecular formula is C18H31N3. The van der Waals surface area contributed by atoms with Gasteiger partial charge in [0.25, 0.3) is 0 Å². The quantitative estimate of drug-likeness (QED) is 0.868. The third kappa shape index (κ3) is 4.53. The average Bonchev–Trinajstić information content (AvgIpc) is 2.82. The minimum absolute atomic E-state index is 0.412. The van der Waals surface area contributed by atoms with Gasteiger partial charge < -0.3 is 15.1 Å². The summed E-state index contributed by atoms with van der Waals surface area (Å²) in [5, 5.41) is 3.49. The Labute approximate surface area is 130 Å². The third-order valence-corrected chi connectivity index (χ3v) is 4.70. The third-order valence-electron chi connectivity index (χ3n) is 4.70. The molecule has 21 heavy (non-hydrogen) atoms. The number of nitrogens with zero attached hydrogens (tertiary/aromatic N) is 2. The van der Waals surface area contributed by atoms with Crippen LogP contribution in [0.5, 0.6) is 0 Å². The van der Waals surface area contributed by atoms with Crippen molar-refractivity contribution in [1.82, 2.24) is 15.1 Å². The Morgan fingerprint density at radius 3 is 2.71 bits per heavy atom. The largest absolute Gasteiger partial charge is 0.312 e. The summed E-state index contributed by atoms with van der Waals surface area (Å²) in [7, 11) is 6.55. The van der Waals surface area contributed by atoms with E-state index in [0.717, 1.165) is 12.5 Å². The molecule has 3 heteroatoms. The Balaban J connectivity index is 1.95. The molecule has 2 rings (SSSR count). The molecule has 1 aliphatic rings. The highest BCUT2D eigenvalue weighted by atomic mass is 15.2. The highest BCUT2D eigenvalue weighted by molar-refractivity contribution is 5.33.